The summed E-state index contributed by atoms with van der Waals surface area (Å²) in [5, 5.41) is 16.2. The number of benzene rings is 1. The predicted octanol–water partition coefficient (Wildman–Crippen LogP) is 1.15. The SMILES string of the molecule is CC(=O)NCCCC[C@H](NC(=O)[C@H](CCCCCC(=O)Nc1ccccc1)NC(=O)[C@H](CCCCNC(C)=O)NC(C)=O)C(N)=O. The molecule has 0 bridgehead atoms. The van der Waals surface area contributed by atoms with Gasteiger partial charge in [-0.25, -0.2) is 0 Å². The molecule has 0 aliphatic carbocycles. The van der Waals surface area contributed by atoms with E-state index in [4.69, 9.17) is 5.73 Å². The van der Waals surface area contributed by atoms with E-state index >= 15 is 0 Å². The Labute approximate surface area is 271 Å². The van der Waals surface area contributed by atoms with E-state index in [2.05, 4.69) is 31.9 Å². The van der Waals surface area contributed by atoms with E-state index in [1.165, 1.54) is 20.8 Å². The molecule has 0 saturated carbocycles. The van der Waals surface area contributed by atoms with Gasteiger partial charge in [-0.2, -0.15) is 0 Å². The third-order valence-electron chi connectivity index (χ3n) is 7.03. The molecule has 46 heavy (non-hydrogen) atoms. The first-order chi connectivity index (χ1) is 21.9. The lowest BCUT2D eigenvalue weighted by Crippen LogP contribution is -2.56. The molecule has 0 aliphatic rings. The lowest BCUT2D eigenvalue weighted by Gasteiger charge is -2.25. The molecule has 7 amide bonds. The van der Waals surface area contributed by atoms with Crippen LogP contribution in [0.15, 0.2) is 30.3 Å². The first-order valence-electron chi connectivity index (χ1n) is 15.9. The van der Waals surface area contributed by atoms with Gasteiger partial charge in [-0.05, 0) is 63.5 Å². The zero-order valence-corrected chi connectivity index (χ0v) is 27.2. The zero-order valence-electron chi connectivity index (χ0n) is 27.2. The molecular weight excluding hydrogens is 594 g/mol. The summed E-state index contributed by atoms with van der Waals surface area (Å²) in [6, 6.07) is 6.18. The maximum absolute atomic E-state index is 13.4. The van der Waals surface area contributed by atoms with Crippen LogP contribution in [0.3, 0.4) is 0 Å². The van der Waals surface area contributed by atoms with Crippen LogP contribution in [0.25, 0.3) is 0 Å². The predicted molar refractivity (Wildman–Crippen MR) is 174 cm³/mol. The van der Waals surface area contributed by atoms with Gasteiger partial charge in [0.2, 0.25) is 41.4 Å². The van der Waals surface area contributed by atoms with Crippen molar-refractivity contribution in [3.63, 3.8) is 0 Å². The summed E-state index contributed by atoms with van der Waals surface area (Å²) in [6.45, 7) is 4.96. The normalized spacial score (nSPS) is 12.5. The van der Waals surface area contributed by atoms with Gasteiger partial charge in [-0.15, -0.1) is 0 Å². The molecule has 0 aliphatic heterocycles. The van der Waals surface area contributed by atoms with Crippen LogP contribution in [0.4, 0.5) is 5.69 Å². The fourth-order valence-electron chi connectivity index (χ4n) is 4.64. The first kappa shape index (κ1) is 39.5. The summed E-state index contributed by atoms with van der Waals surface area (Å²) in [7, 11) is 0. The van der Waals surface area contributed by atoms with E-state index in [1.54, 1.807) is 12.1 Å². The van der Waals surface area contributed by atoms with Gasteiger partial charge in [0.1, 0.15) is 18.1 Å². The molecule has 1 aromatic carbocycles. The second kappa shape index (κ2) is 22.9. The number of carbonyl (C=O) groups is 7. The molecule has 8 N–H and O–H groups in total. The summed E-state index contributed by atoms with van der Waals surface area (Å²) >= 11 is 0. The summed E-state index contributed by atoms with van der Waals surface area (Å²) in [6.07, 6.45) is 4.91. The Bertz CT molecular complexity index is 1150. The van der Waals surface area contributed by atoms with Gasteiger partial charge >= 0.3 is 0 Å². The van der Waals surface area contributed by atoms with E-state index in [0.29, 0.717) is 63.7 Å². The maximum Gasteiger partial charge on any atom is 0.243 e. The van der Waals surface area contributed by atoms with E-state index < -0.39 is 41.8 Å². The number of anilines is 1. The number of primary amides is 1. The number of hydrogen-bond donors (Lipinski definition) is 7. The standard InChI is InChI=1S/C32H51N7O7/c1-22(40)34-20-12-10-16-26(30(33)44)38-32(46)28(17-8-5-9-19-29(43)37-25-14-6-4-7-15-25)39-31(45)27(36-24(3)42)18-11-13-21-35-23(2)41/h4,6-7,14-15,26-28H,5,8-13,16-21H2,1-3H3,(H2,33,44)(H,34,40)(H,35,41)(H,36,42)(H,37,43)(H,38,46)(H,39,45)/t26-,27-,28-/m0/s1. The van der Waals surface area contributed by atoms with E-state index in [-0.39, 0.29) is 43.4 Å². The minimum Gasteiger partial charge on any atom is -0.368 e. The van der Waals surface area contributed by atoms with Crippen molar-refractivity contribution in [3.05, 3.63) is 30.3 Å². The first-order valence-corrected chi connectivity index (χ1v) is 15.9. The summed E-state index contributed by atoms with van der Waals surface area (Å²) in [5.41, 5.74) is 6.26. The number of amides is 7. The molecule has 0 radical (unpaired) electrons. The third kappa shape index (κ3) is 19.0. The minimum absolute atomic E-state index is 0.131. The van der Waals surface area contributed by atoms with Crippen molar-refractivity contribution in [2.24, 2.45) is 5.73 Å². The molecule has 0 unspecified atom stereocenters. The van der Waals surface area contributed by atoms with Crippen molar-refractivity contribution in [2.45, 2.75) is 110 Å². The van der Waals surface area contributed by atoms with Gasteiger partial charge in [-0.1, -0.05) is 31.0 Å². The Balaban J connectivity index is 2.84. The van der Waals surface area contributed by atoms with Gasteiger partial charge in [0.25, 0.3) is 0 Å². The van der Waals surface area contributed by atoms with E-state index in [0.717, 1.165) is 0 Å². The van der Waals surface area contributed by atoms with Crippen LogP contribution in [0, 0.1) is 0 Å². The van der Waals surface area contributed by atoms with Crippen LogP contribution in [0.1, 0.15) is 91.4 Å². The van der Waals surface area contributed by atoms with Gasteiger partial charge in [-0.3, -0.25) is 33.6 Å². The molecule has 256 valence electrons. The Kier molecular flexibility index (Phi) is 19.7. The lowest BCUT2D eigenvalue weighted by atomic mass is 10.0. The van der Waals surface area contributed by atoms with E-state index in [1.807, 2.05) is 18.2 Å². The Morgan fingerprint density at radius 2 is 1.07 bits per heavy atom. The molecule has 14 nitrogen and oxygen atoms in total. The highest BCUT2D eigenvalue weighted by Crippen LogP contribution is 2.11. The average Bonchev–Trinajstić information content (AvgIpc) is 2.98. The van der Waals surface area contributed by atoms with Gasteiger partial charge in [0, 0.05) is 46.0 Å². The second-order valence-electron chi connectivity index (χ2n) is 11.2. The minimum atomic E-state index is -1.03. The van der Waals surface area contributed by atoms with E-state index in [9.17, 15) is 33.6 Å². The summed E-state index contributed by atoms with van der Waals surface area (Å²) < 4.78 is 0. The molecule has 1 rings (SSSR count). The van der Waals surface area contributed by atoms with Crippen molar-refractivity contribution >= 4 is 47.0 Å². The summed E-state index contributed by atoms with van der Waals surface area (Å²) in [5.74, 6) is -2.74. The van der Waals surface area contributed by atoms with Crippen LogP contribution in [0.2, 0.25) is 0 Å². The van der Waals surface area contributed by atoms with Gasteiger partial charge in [0.15, 0.2) is 0 Å². The van der Waals surface area contributed by atoms with Crippen LogP contribution >= 0.6 is 0 Å². The Morgan fingerprint density at radius 1 is 0.587 bits per heavy atom. The smallest absolute Gasteiger partial charge is 0.243 e. The number of nitrogens with two attached hydrogens (primary N) is 1. The average molecular weight is 646 g/mol. The maximum atomic E-state index is 13.4. The van der Waals surface area contributed by atoms with Crippen LogP contribution < -0.4 is 37.6 Å². The van der Waals surface area contributed by atoms with Crippen LogP contribution in [-0.4, -0.2) is 72.6 Å². The zero-order chi connectivity index (χ0) is 34.3. The molecule has 3 atom stereocenters. The second-order valence-corrected chi connectivity index (χ2v) is 11.2. The van der Waals surface area contributed by atoms with Crippen LogP contribution in [-0.2, 0) is 33.6 Å². The van der Waals surface area contributed by atoms with Gasteiger partial charge in [0.05, 0.1) is 0 Å². The molecule has 0 fully saturated rings. The van der Waals surface area contributed by atoms with Gasteiger partial charge < -0.3 is 37.6 Å². The fraction of sp³-hybridized carbons (Fsp3) is 0.594. The highest BCUT2D eigenvalue weighted by Gasteiger charge is 2.28. The van der Waals surface area contributed by atoms with Crippen molar-refractivity contribution in [1.82, 2.24) is 26.6 Å². The molecule has 0 spiro atoms. The molecule has 14 heteroatoms. The largest absolute Gasteiger partial charge is 0.368 e. The number of rotatable bonds is 23. The van der Waals surface area contributed by atoms with Crippen molar-refractivity contribution in [3.8, 4) is 0 Å². The molecule has 0 saturated heterocycles. The van der Waals surface area contributed by atoms with Crippen molar-refractivity contribution in [1.29, 1.82) is 0 Å². The lowest BCUT2D eigenvalue weighted by molar-refractivity contribution is -0.133. The molecule has 0 heterocycles. The number of unbranched alkanes of at least 4 members (excludes halogenated alkanes) is 4. The molecular formula is C32H51N7O7. The number of para-hydroxylation sites is 1. The van der Waals surface area contributed by atoms with Crippen molar-refractivity contribution < 1.29 is 33.6 Å². The Hall–Kier alpha value is -4.49. The monoisotopic (exact) mass is 645 g/mol. The number of nitrogens with one attached hydrogen (secondary N) is 6. The van der Waals surface area contributed by atoms with Crippen molar-refractivity contribution in [2.75, 3.05) is 18.4 Å². The third-order valence-corrected chi connectivity index (χ3v) is 7.03. The molecule has 0 aromatic heterocycles. The topological polar surface area (TPSA) is 218 Å². The fourth-order valence-corrected chi connectivity index (χ4v) is 4.64. The Morgan fingerprint density at radius 3 is 1.57 bits per heavy atom. The summed E-state index contributed by atoms with van der Waals surface area (Å²) in [4.78, 5) is 85.1. The van der Waals surface area contributed by atoms with Crippen LogP contribution in [0.5, 0.6) is 0 Å². The molecule has 1 aromatic rings. The number of hydrogen-bond acceptors (Lipinski definition) is 7. The number of carbonyl (C=O) groups excluding carboxylic acids is 7. The quantitative estimate of drug-likeness (QED) is 0.0860. The highest BCUT2D eigenvalue weighted by atomic mass is 16.2. The highest BCUT2D eigenvalue weighted by molar-refractivity contribution is 5.94.